The van der Waals surface area contributed by atoms with Crippen LogP contribution >= 0.6 is 0 Å². The van der Waals surface area contributed by atoms with Crippen molar-refractivity contribution in [2.75, 3.05) is 17.1 Å². The van der Waals surface area contributed by atoms with Gasteiger partial charge in [0, 0.05) is 24.6 Å². The van der Waals surface area contributed by atoms with Crippen molar-refractivity contribution >= 4 is 27.5 Å². The highest BCUT2D eigenvalue weighted by Crippen LogP contribution is 2.26. The van der Waals surface area contributed by atoms with Crippen molar-refractivity contribution in [2.45, 2.75) is 65.1 Å². The number of carbonyl (C=O) groups excluding carboxylic acids is 2. The number of sulfonamides is 1. The number of hydrogen-bond donors (Lipinski definition) is 1. The van der Waals surface area contributed by atoms with Crippen LogP contribution in [-0.4, -0.2) is 50.0 Å². The van der Waals surface area contributed by atoms with Crippen LogP contribution in [0, 0.1) is 5.82 Å². The standard InChI is InChI=1S/C32H40FN3O4S/c1-23(2)34-31(38)29(20-24-12-8-7-9-13-24)35(21-25-14-10-11-15-28(25)33)30(37)22-36(41(6,39)40)27-18-16-26(17-19-27)32(3,4)5/h7-19,23,29H,20-22H2,1-6H3,(H,34,38). The maximum Gasteiger partial charge on any atom is 0.244 e. The number of anilines is 1. The van der Waals surface area contributed by atoms with Gasteiger partial charge in [-0.15, -0.1) is 0 Å². The molecule has 2 amide bonds. The number of rotatable bonds is 11. The third-order valence-electron chi connectivity index (χ3n) is 6.70. The smallest absolute Gasteiger partial charge is 0.244 e. The molecule has 0 bridgehead atoms. The third-order valence-corrected chi connectivity index (χ3v) is 7.84. The van der Waals surface area contributed by atoms with Gasteiger partial charge in [-0.1, -0.05) is 81.4 Å². The SMILES string of the molecule is CC(C)NC(=O)C(Cc1ccccc1)N(Cc1ccccc1F)C(=O)CN(c1ccc(C(C)(C)C)cc1)S(C)(=O)=O. The van der Waals surface area contributed by atoms with E-state index in [2.05, 4.69) is 26.1 Å². The Bertz CT molecular complexity index is 1440. The first-order chi connectivity index (χ1) is 19.2. The van der Waals surface area contributed by atoms with Crippen molar-refractivity contribution in [1.29, 1.82) is 0 Å². The number of hydrogen-bond acceptors (Lipinski definition) is 4. The molecule has 0 spiro atoms. The average molecular weight is 582 g/mol. The normalized spacial score (nSPS) is 12.6. The van der Waals surface area contributed by atoms with Gasteiger partial charge in [0.05, 0.1) is 11.9 Å². The zero-order chi connectivity index (χ0) is 30.4. The summed E-state index contributed by atoms with van der Waals surface area (Å²) >= 11 is 0. The average Bonchev–Trinajstić information content (AvgIpc) is 2.89. The summed E-state index contributed by atoms with van der Waals surface area (Å²) in [6, 6.07) is 21.0. The molecular formula is C32H40FN3O4S. The molecule has 0 aliphatic carbocycles. The topological polar surface area (TPSA) is 86.8 Å². The van der Waals surface area contributed by atoms with Crippen LogP contribution in [0.15, 0.2) is 78.9 Å². The molecule has 0 aliphatic rings. The molecule has 41 heavy (non-hydrogen) atoms. The quantitative estimate of drug-likeness (QED) is 0.343. The van der Waals surface area contributed by atoms with Crippen molar-refractivity contribution in [2.24, 2.45) is 0 Å². The fourth-order valence-corrected chi connectivity index (χ4v) is 5.34. The molecule has 220 valence electrons. The highest BCUT2D eigenvalue weighted by molar-refractivity contribution is 7.92. The summed E-state index contributed by atoms with van der Waals surface area (Å²) in [6.45, 7) is 9.01. The summed E-state index contributed by atoms with van der Waals surface area (Å²) < 4.78 is 41.7. The summed E-state index contributed by atoms with van der Waals surface area (Å²) in [5, 5.41) is 2.88. The van der Waals surface area contributed by atoms with E-state index in [1.807, 2.05) is 56.3 Å². The van der Waals surface area contributed by atoms with Crippen LogP contribution in [-0.2, 0) is 38.0 Å². The summed E-state index contributed by atoms with van der Waals surface area (Å²) in [5.41, 5.74) is 2.22. The van der Waals surface area contributed by atoms with E-state index in [0.29, 0.717) is 5.69 Å². The van der Waals surface area contributed by atoms with Crippen LogP contribution in [0.3, 0.4) is 0 Å². The van der Waals surface area contributed by atoms with E-state index in [-0.39, 0.29) is 30.0 Å². The number of amides is 2. The predicted molar refractivity (Wildman–Crippen MR) is 161 cm³/mol. The number of nitrogens with zero attached hydrogens (tertiary/aromatic N) is 2. The lowest BCUT2D eigenvalue weighted by Gasteiger charge is -2.34. The summed E-state index contributed by atoms with van der Waals surface area (Å²) in [7, 11) is -3.89. The van der Waals surface area contributed by atoms with Gasteiger partial charge in [-0.2, -0.15) is 0 Å². The minimum atomic E-state index is -3.89. The molecule has 0 fully saturated rings. The van der Waals surface area contributed by atoms with Gasteiger partial charge in [-0.25, -0.2) is 12.8 Å². The van der Waals surface area contributed by atoms with E-state index < -0.39 is 40.2 Å². The molecule has 1 atom stereocenters. The minimum Gasteiger partial charge on any atom is -0.352 e. The van der Waals surface area contributed by atoms with Gasteiger partial charge in [0.2, 0.25) is 21.8 Å². The maximum atomic E-state index is 14.8. The first-order valence-electron chi connectivity index (χ1n) is 13.6. The lowest BCUT2D eigenvalue weighted by molar-refractivity contribution is -0.140. The van der Waals surface area contributed by atoms with Crippen molar-refractivity contribution < 1.29 is 22.4 Å². The van der Waals surface area contributed by atoms with Crippen molar-refractivity contribution in [3.8, 4) is 0 Å². The van der Waals surface area contributed by atoms with Gasteiger partial charge in [0.1, 0.15) is 18.4 Å². The molecule has 1 N–H and O–H groups in total. The van der Waals surface area contributed by atoms with Crippen LogP contribution in [0.5, 0.6) is 0 Å². The Hall–Kier alpha value is -3.72. The van der Waals surface area contributed by atoms with Crippen LogP contribution < -0.4 is 9.62 Å². The highest BCUT2D eigenvalue weighted by atomic mass is 32.2. The third kappa shape index (κ3) is 8.88. The van der Waals surface area contributed by atoms with E-state index in [4.69, 9.17) is 0 Å². The van der Waals surface area contributed by atoms with Crippen LogP contribution in [0.1, 0.15) is 51.3 Å². The first-order valence-corrected chi connectivity index (χ1v) is 15.5. The van der Waals surface area contributed by atoms with Crippen molar-refractivity contribution in [1.82, 2.24) is 10.2 Å². The molecule has 3 aromatic rings. The van der Waals surface area contributed by atoms with Gasteiger partial charge < -0.3 is 10.2 Å². The summed E-state index contributed by atoms with van der Waals surface area (Å²) in [4.78, 5) is 28.9. The zero-order valence-electron chi connectivity index (χ0n) is 24.6. The van der Waals surface area contributed by atoms with E-state index in [1.54, 1.807) is 30.3 Å². The van der Waals surface area contributed by atoms with Gasteiger partial charge in [0.25, 0.3) is 0 Å². The molecule has 0 aliphatic heterocycles. The minimum absolute atomic E-state index is 0.144. The molecular weight excluding hydrogens is 541 g/mol. The summed E-state index contributed by atoms with van der Waals surface area (Å²) in [6.07, 6.45) is 1.20. The molecule has 3 rings (SSSR count). The van der Waals surface area contributed by atoms with Gasteiger partial charge in [-0.05, 0) is 48.6 Å². The second kappa shape index (κ2) is 13.3. The Morgan fingerprint density at radius 3 is 2.02 bits per heavy atom. The second-order valence-corrected chi connectivity index (χ2v) is 13.5. The highest BCUT2D eigenvalue weighted by Gasteiger charge is 2.33. The Kier molecular flexibility index (Phi) is 10.3. The molecule has 0 saturated carbocycles. The molecule has 9 heteroatoms. The van der Waals surface area contributed by atoms with Gasteiger partial charge in [0.15, 0.2) is 0 Å². The fraction of sp³-hybridized carbons (Fsp3) is 0.375. The number of carbonyl (C=O) groups is 2. The largest absolute Gasteiger partial charge is 0.352 e. The molecule has 0 aromatic heterocycles. The maximum absolute atomic E-state index is 14.8. The summed E-state index contributed by atoms with van der Waals surface area (Å²) in [5.74, 6) is -1.56. The van der Waals surface area contributed by atoms with E-state index >= 15 is 0 Å². The molecule has 1 unspecified atom stereocenters. The Labute approximate surface area is 243 Å². The number of benzene rings is 3. The number of nitrogens with one attached hydrogen (secondary N) is 1. The molecule has 0 saturated heterocycles. The van der Waals surface area contributed by atoms with Crippen LogP contribution in [0.25, 0.3) is 0 Å². The van der Waals surface area contributed by atoms with E-state index in [9.17, 15) is 22.4 Å². The van der Waals surface area contributed by atoms with Crippen molar-refractivity contribution in [3.63, 3.8) is 0 Å². The Morgan fingerprint density at radius 2 is 1.49 bits per heavy atom. The van der Waals surface area contributed by atoms with Gasteiger partial charge in [-0.3, -0.25) is 13.9 Å². The van der Waals surface area contributed by atoms with E-state index in [1.165, 1.54) is 11.0 Å². The number of halogens is 1. The predicted octanol–water partition coefficient (Wildman–Crippen LogP) is 5.05. The van der Waals surface area contributed by atoms with Gasteiger partial charge >= 0.3 is 0 Å². The molecule has 7 nitrogen and oxygen atoms in total. The van der Waals surface area contributed by atoms with Crippen LogP contribution in [0.2, 0.25) is 0 Å². The first kappa shape index (κ1) is 31.8. The van der Waals surface area contributed by atoms with Crippen molar-refractivity contribution in [3.05, 3.63) is 101 Å². The lowest BCUT2D eigenvalue weighted by Crippen LogP contribution is -2.54. The molecule has 3 aromatic carbocycles. The lowest BCUT2D eigenvalue weighted by atomic mass is 9.87. The Morgan fingerprint density at radius 1 is 0.902 bits per heavy atom. The monoisotopic (exact) mass is 581 g/mol. The fourth-order valence-electron chi connectivity index (χ4n) is 4.49. The zero-order valence-corrected chi connectivity index (χ0v) is 25.4. The molecule has 0 heterocycles. The van der Waals surface area contributed by atoms with Crippen LogP contribution in [0.4, 0.5) is 10.1 Å². The van der Waals surface area contributed by atoms with E-state index in [0.717, 1.165) is 21.7 Å². The molecule has 0 radical (unpaired) electrons. The second-order valence-electron chi connectivity index (χ2n) is 11.5. The Balaban J connectivity index is 2.06.